The van der Waals surface area contributed by atoms with Gasteiger partial charge in [0.1, 0.15) is 0 Å². The van der Waals surface area contributed by atoms with Gasteiger partial charge in [0.05, 0.1) is 97.2 Å². The third kappa shape index (κ3) is 7.54. The van der Waals surface area contributed by atoms with Gasteiger partial charge in [-0.15, -0.1) is 0 Å². The molecule has 9 nitrogen and oxygen atoms in total. The molecule has 0 fully saturated rings. The Kier molecular flexibility index (Phi) is 10.7. The zero-order chi connectivity index (χ0) is 50.6. The van der Waals surface area contributed by atoms with E-state index in [0.717, 1.165) is 99.5 Å². The van der Waals surface area contributed by atoms with Crippen molar-refractivity contribution in [1.29, 1.82) is 26.3 Å². The van der Waals surface area contributed by atoms with Crippen molar-refractivity contribution in [2.75, 3.05) is 0 Å². The third-order valence-corrected chi connectivity index (χ3v) is 13.8. The van der Waals surface area contributed by atoms with Gasteiger partial charge in [-0.25, -0.2) is 9.97 Å². The summed E-state index contributed by atoms with van der Waals surface area (Å²) in [5.74, 6) is 0.472. The van der Waals surface area contributed by atoms with Gasteiger partial charge in [0, 0.05) is 32.9 Å². The molecule has 74 heavy (non-hydrogen) atoms. The number of fused-ring (bicyclic) bond motifs is 6. The van der Waals surface area contributed by atoms with Gasteiger partial charge in [-0.2, -0.15) is 26.3 Å². The second-order valence-corrected chi connectivity index (χ2v) is 18.3. The van der Waals surface area contributed by atoms with Crippen LogP contribution in [0.15, 0.2) is 188 Å². The van der Waals surface area contributed by atoms with Crippen LogP contribution in [0.4, 0.5) is 0 Å². The molecule has 0 N–H and O–H groups in total. The van der Waals surface area contributed by atoms with Crippen LogP contribution in [-0.4, -0.2) is 19.1 Å². The minimum absolute atomic E-state index is 0.408. The van der Waals surface area contributed by atoms with Crippen molar-refractivity contribution in [3.8, 4) is 97.6 Å². The lowest BCUT2D eigenvalue weighted by Gasteiger charge is -2.21. The minimum Gasteiger partial charge on any atom is -0.308 e. The van der Waals surface area contributed by atoms with Crippen molar-refractivity contribution in [2.24, 2.45) is 0 Å². The molecular formula is C65H37N9. The summed E-state index contributed by atoms with van der Waals surface area (Å²) in [7, 11) is 0. The summed E-state index contributed by atoms with van der Waals surface area (Å²) in [5, 5.41) is 53.8. The quantitative estimate of drug-likeness (QED) is 0.154. The molecule has 0 saturated heterocycles. The Labute approximate surface area is 425 Å². The van der Waals surface area contributed by atoms with Crippen molar-refractivity contribution < 1.29 is 0 Å². The molecule has 0 atom stereocenters. The lowest BCUT2D eigenvalue weighted by Crippen LogP contribution is -2.08. The topological polar surface area (TPSA) is 155 Å². The molecule has 0 aliphatic heterocycles. The number of rotatable bonds is 7. The van der Waals surface area contributed by atoms with Gasteiger partial charge >= 0.3 is 0 Å². The Hall–Kier alpha value is -10.9. The maximum atomic E-state index is 11.2. The summed E-state index contributed by atoms with van der Waals surface area (Å²) in [4.78, 5) is 10.4. The highest BCUT2D eigenvalue weighted by molar-refractivity contribution is 6.14. The predicted octanol–water partition coefficient (Wildman–Crippen LogP) is 15.0. The molecule has 0 unspecified atom stereocenters. The first-order chi connectivity index (χ1) is 36.2. The van der Waals surface area contributed by atoms with E-state index in [0.29, 0.717) is 50.6 Å². The third-order valence-electron chi connectivity index (χ3n) is 13.8. The van der Waals surface area contributed by atoms with Crippen LogP contribution in [0.25, 0.3) is 111 Å². The molecule has 0 aliphatic carbocycles. The molecule has 0 aliphatic rings. The summed E-state index contributed by atoms with van der Waals surface area (Å²) in [6.07, 6.45) is 0. The van der Waals surface area contributed by atoms with Gasteiger partial charge in [-0.05, 0) is 149 Å². The summed E-state index contributed by atoms with van der Waals surface area (Å²) in [5.41, 5.74) is 17.3. The first-order valence-electron chi connectivity index (χ1n) is 23.8. The number of benzene rings is 9. The Morgan fingerprint density at radius 3 is 0.811 bits per heavy atom. The molecule has 9 aromatic carbocycles. The van der Waals surface area contributed by atoms with Gasteiger partial charge in [0.2, 0.25) is 0 Å². The van der Waals surface area contributed by atoms with E-state index in [4.69, 9.17) is 9.97 Å². The lowest BCUT2D eigenvalue weighted by atomic mass is 10.0. The second kappa shape index (κ2) is 17.8. The highest BCUT2D eigenvalue weighted by Crippen LogP contribution is 2.45. The molecule has 0 saturated carbocycles. The van der Waals surface area contributed by atoms with Gasteiger partial charge in [0.25, 0.3) is 0 Å². The number of nitriles is 5. The lowest BCUT2D eigenvalue weighted by molar-refractivity contribution is 1.04. The maximum absolute atomic E-state index is 11.2. The monoisotopic (exact) mass is 943 g/mol. The molecule has 0 amide bonds. The maximum Gasteiger partial charge on any atom is 0.163 e. The van der Waals surface area contributed by atoms with Crippen LogP contribution in [0.3, 0.4) is 0 Å². The smallest absolute Gasteiger partial charge is 0.163 e. The van der Waals surface area contributed by atoms with E-state index < -0.39 is 0 Å². The van der Waals surface area contributed by atoms with Crippen molar-refractivity contribution in [3.05, 3.63) is 227 Å². The first-order valence-corrected chi connectivity index (χ1v) is 23.8. The van der Waals surface area contributed by atoms with Crippen molar-refractivity contribution >= 4 is 43.6 Å². The van der Waals surface area contributed by atoms with Gasteiger partial charge in [-0.3, -0.25) is 0 Å². The van der Waals surface area contributed by atoms with Gasteiger partial charge < -0.3 is 9.13 Å². The second-order valence-electron chi connectivity index (χ2n) is 18.3. The number of nitrogens with zero attached hydrogens (tertiary/aromatic N) is 9. The van der Waals surface area contributed by atoms with Crippen LogP contribution in [0.2, 0.25) is 0 Å². The van der Waals surface area contributed by atoms with Gasteiger partial charge in [-0.1, -0.05) is 97.1 Å². The fourth-order valence-corrected chi connectivity index (χ4v) is 10.3. The SMILES string of the molecule is Cc1cc(C)nc(-c2c(-n3c4cc(-c5ccc(C#N)cc5)ccc4c4ccc(-c5ccc(C#N)cc5)cc43)cc(C#N)cc2-n2c3cc(-c4ccc(C#N)cc4)ccc3c3ccc(-c4ccc(C#N)cc4)cc32)n1. The van der Waals surface area contributed by atoms with E-state index >= 15 is 0 Å². The fraction of sp³-hybridized carbons (Fsp3) is 0.0308. The number of aryl methyl sites for hydroxylation is 2. The molecule has 12 rings (SSSR count). The van der Waals surface area contributed by atoms with Crippen LogP contribution < -0.4 is 0 Å². The molecular weight excluding hydrogens is 907 g/mol. The van der Waals surface area contributed by atoms with Crippen molar-refractivity contribution in [3.63, 3.8) is 0 Å². The Bertz CT molecular complexity index is 4020. The zero-order valence-corrected chi connectivity index (χ0v) is 39.9. The summed E-state index contributed by atoms with van der Waals surface area (Å²) in [6.45, 7) is 3.92. The van der Waals surface area contributed by atoms with Crippen LogP contribution in [0.1, 0.15) is 39.2 Å². The number of hydrogen-bond acceptors (Lipinski definition) is 7. The Morgan fingerprint density at radius 2 is 0.554 bits per heavy atom. The van der Waals surface area contributed by atoms with E-state index in [1.807, 2.05) is 129 Å². The highest BCUT2D eigenvalue weighted by Gasteiger charge is 2.26. The molecule has 0 spiro atoms. The standard InChI is InChI=1S/C65H37N9/c1-39-27-40(2)72-65(71-39)64-62(73-58-30-50(46-11-3-41(34-66)4-12-46)19-23-54(58)55-24-20-51(31-59(55)73)47-13-5-42(35-67)6-14-47)28-45(38-70)29-63(64)74-60-32-52(48-15-7-43(36-68)8-16-48)21-25-56(60)57-26-22-53(33-61(57)74)49-17-9-44(37-69)10-18-49/h3-33H,1-2H3. The van der Waals surface area contributed by atoms with Crippen LogP contribution in [0, 0.1) is 70.5 Å². The summed E-state index contributed by atoms with van der Waals surface area (Å²) >= 11 is 0. The van der Waals surface area contributed by atoms with Crippen LogP contribution in [-0.2, 0) is 0 Å². The average molecular weight is 944 g/mol. The Morgan fingerprint density at radius 1 is 0.297 bits per heavy atom. The highest BCUT2D eigenvalue weighted by atomic mass is 15.0. The van der Waals surface area contributed by atoms with Crippen molar-refractivity contribution in [2.45, 2.75) is 13.8 Å². The van der Waals surface area contributed by atoms with Crippen LogP contribution >= 0.6 is 0 Å². The molecule has 0 radical (unpaired) electrons. The summed E-state index contributed by atoms with van der Waals surface area (Å²) < 4.78 is 4.45. The van der Waals surface area contributed by atoms with E-state index in [-0.39, 0.29) is 0 Å². The molecule has 0 bridgehead atoms. The minimum atomic E-state index is 0.408. The average Bonchev–Trinajstić information content (AvgIpc) is 3.96. The number of hydrogen-bond donors (Lipinski definition) is 0. The van der Waals surface area contributed by atoms with E-state index in [9.17, 15) is 26.3 Å². The molecule has 3 aromatic heterocycles. The van der Waals surface area contributed by atoms with Crippen molar-refractivity contribution in [1.82, 2.24) is 19.1 Å². The first kappa shape index (κ1) is 44.3. The predicted molar refractivity (Wildman–Crippen MR) is 291 cm³/mol. The van der Waals surface area contributed by atoms with E-state index in [1.54, 1.807) is 0 Å². The van der Waals surface area contributed by atoms with E-state index in [1.165, 1.54) is 0 Å². The molecule has 12 aromatic rings. The molecule has 3 heterocycles. The largest absolute Gasteiger partial charge is 0.308 e. The summed E-state index contributed by atoms with van der Waals surface area (Å²) in [6, 6.07) is 73.1. The van der Waals surface area contributed by atoms with Gasteiger partial charge in [0.15, 0.2) is 5.82 Å². The number of aromatic nitrogens is 4. The van der Waals surface area contributed by atoms with E-state index in [2.05, 4.69) is 112 Å². The molecule has 342 valence electrons. The normalized spacial score (nSPS) is 11.0. The zero-order valence-electron chi connectivity index (χ0n) is 39.9. The Balaban J connectivity index is 1.23. The van der Waals surface area contributed by atoms with Crippen LogP contribution in [0.5, 0.6) is 0 Å². The fourth-order valence-electron chi connectivity index (χ4n) is 10.3. The molecule has 9 heteroatoms.